The first kappa shape index (κ1) is 18.1. The molecule has 1 saturated heterocycles. The summed E-state index contributed by atoms with van der Waals surface area (Å²) in [6, 6.07) is 7.92. The smallest absolute Gasteiger partial charge is 0.286 e. The van der Waals surface area contributed by atoms with Crippen LogP contribution in [0.2, 0.25) is 0 Å². The topological polar surface area (TPSA) is 41.9 Å². The highest BCUT2D eigenvalue weighted by Crippen LogP contribution is 2.31. The van der Waals surface area contributed by atoms with Crippen LogP contribution in [-0.4, -0.2) is 35.7 Å². The number of amidine groups is 1. The van der Waals surface area contributed by atoms with E-state index in [-0.39, 0.29) is 5.91 Å². The number of unbranched alkanes of at least 4 members (excludes halogenated alkanes) is 2. The molecule has 0 saturated carbocycles. The molecule has 25 heavy (non-hydrogen) atoms. The number of rotatable bonds is 6. The number of hydrogen-bond acceptors (Lipinski definition) is 4. The Balaban J connectivity index is 1.57. The number of piperidine rings is 1. The number of carbonyl (C=O) groups excluding carboxylic acids is 1. The second kappa shape index (κ2) is 9.09. The second-order valence-electron chi connectivity index (χ2n) is 6.48. The summed E-state index contributed by atoms with van der Waals surface area (Å²) in [6.45, 7) is 4.97. The van der Waals surface area contributed by atoms with Gasteiger partial charge in [-0.2, -0.15) is 4.99 Å². The lowest BCUT2D eigenvalue weighted by Gasteiger charge is -2.27. The Morgan fingerprint density at radius 3 is 2.64 bits per heavy atom. The number of hydrogen-bond donors (Lipinski definition) is 0. The molecule has 0 bridgehead atoms. The highest BCUT2D eigenvalue weighted by molar-refractivity contribution is 8.18. The van der Waals surface area contributed by atoms with Crippen molar-refractivity contribution in [1.82, 2.24) is 4.90 Å². The van der Waals surface area contributed by atoms with Crippen LogP contribution in [0.15, 0.2) is 34.2 Å². The number of benzene rings is 1. The van der Waals surface area contributed by atoms with E-state index in [0.717, 1.165) is 42.6 Å². The SMILES string of the molecule is CCCCCOc1ccc(C=C2SC(N3CCCCC3)=NC2=O)cc1. The molecule has 3 rings (SSSR count). The van der Waals surface area contributed by atoms with Gasteiger partial charge in [0.15, 0.2) is 5.17 Å². The lowest BCUT2D eigenvalue weighted by Crippen LogP contribution is -2.33. The Kier molecular flexibility index (Phi) is 6.56. The van der Waals surface area contributed by atoms with Gasteiger partial charge in [-0.1, -0.05) is 31.9 Å². The van der Waals surface area contributed by atoms with Crippen molar-refractivity contribution in [2.24, 2.45) is 4.99 Å². The Labute approximate surface area is 154 Å². The quantitative estimate of drug-likeness (QED) is 0.545. The Bertz CT molecular complexity index is 646. The molecule has 2 aliphatic heterocycles. The van der Waals surface area contributed by atoms with Gasteiger partial charge in [-0.15, -0.1) is 0 Å². The first-order valence-corrected chi connectivity index (χ1v) is 10.1. The van der Waals surface area contributed by atoms with Crippen LogP contribution >= 0.6 is 11.8 Å². The summed E-state index contributed by atoms with van der Waals surface area (Å²) in [5, 5.41) is 0.867. The maximum absolute atomic E-state index is 12.2. The van der Waals surface area contributed by atoms with Crippen molar-refractivity contribution in [3.8, 4) is 5.75 Å². The van der Waals surface area contributed by atoms with Gasteiger partial charge >= 0.3 is 0 Å². The number of nitrogens with zero attached hydrogens (tertiary/aromatic N) is 2. The minimum absolute atomic E-state index is 0.120. The number of carbonyl (C=O) groups is 1. The highest BCUT2D eigenvalue weighted by Gasteiger charge is 2.26. The van der Waals surface area contributed by atoms with Gasteiger partial charge in [0.25, 0.3) is 5.91 Å². The van der Waals surface area contributed by atoms with Crippen LogP contribution < -0.4 is 4.74 Å². The largest absolute Gasteiger partial charge is 0.494 e. The van der Waals surface area contributed by atoms with Gasteiger partial charge in [0, 0.05) is 13.1 Å². The maximum Gasteiger partial charge on any atom is 0.286 e. The minimum Gasteiger partial charge on any atom is -0.494 e. The molecule has 1 fully saturated rings. The minimum atomic E-state index is -0.120. The average Bonchev–Trinajstić information content (AvgIpc) is 3.01. The monoisotopic (exact) mass is 358 g/mol. The van der Waals surface area contributed by atoms with Crippen molar-refractivity contribution in [2.45, 2.75) is 45.4 Å². The second-order valence-corrected chi connectivity index (χ2v) is 7.49. The number of likely N-dealkylation sites (tertiary alicyclic amines) is 1. The lowest BCUT2D eigenvalue weighted by molar-refractivity contribution is -0.113. The van der Waals surface area contributed by atoms with Crippen LogP contribution in [0.1, 0.15) is 51.0 Å². The van der Waals surface area contributed by atoms with Crippen LogP contribution in [-0.2, 0) is 4.79 Å². The van der Waals surface area contributed by atoms with Crippen molar-refractivity contribution in [1.29, 1.82) is 0 Å². The molecule has 2 heterocycles. The third-order valence-corrected chi connectivity index (χ3v) is 5.47. The summed E-state index contributed by atoms with van der Waals surface area (Å²) in [5.41, 5.74) is 1.01. The van der Waals surface area contributed by atoms with Crippen molar-refractivity contribution < 1.29 is 9.53 Å². The summed E-state index contributed by atoms with van der Waals surface area (Å²) >= 11 is 1.50. The van der Waals surface area contributed by atoms with E-state index in [1.807, 2.05) is 30.3 Å². The zero-order valence-corrected chi connectivity index (χ0v) is 15.7. The van der Waals surface area contributed by atoms with Gasteiger partial charge in [-0.3, -0.25) is 4.79 Å². The van der Waals surface area contributed by atoms with Crippen LogP contribution in [0.4, 0.5) is 0 Å². The van der Waals surface area contributed by atoms with E-state index in [1.54, 1.807) is 0 Å². The first-order chi connectivity index (χ1) is 12.3. The zero-order valence-electron chi connectivity index (χ0n) is 14.9. The molecule has 5 heteroatoms. The first-order valence-electron chi connectivity index (χ1n) is 9.26. The maximum atomic E-state index is 12.2. The zero-order chi connectivity index (χ0) is 17.5. The lowest BCUT2D eigenvalue weighted by atomic mass is 10.1. The third-order valence-electron chi connectivity index (χ3n) is 4.43. The van der Waals surface area contributed by atoms with Crippen LogP contribution in [0, 0.1) is 0 Å². The molecule has 0 N–H and O–H groups in total. The van der Waals surface area contributed by atoms with Crippen LogP contribution in [0.25, 0.3) is 6.08 Å². The summed E-state index contributed by atoms with van der Waals surface area (Å²) in [5.74, 6) is 0.763. The molecule has 134 valence electrons. The van der Waals surface area contributed by atoms with Gasteiger partial charge in [-0.05, 0) is 61.2 Å². The highest BCUT2D eigenvalue weighted by atomic mass is 32.2. The molecule has 4 nitrogen and oxygen atoms in total. The fourth-order valence-corrected chi connectivity index (χ4v) is 3.94. The number of ether oxygens (including phenoxy) is 1. The van der Waals surface area contributed by atoms with Crippen molar-refractivity contribution >= 4 is 28.9 Å². The standard InChI is InChI=1S/C20H26N2O2S/c1-2-3-7-14-24-17-10-8-16(9-11-17)15-18-19(23)21-20(25-18)22-12-5-4-6-13-22/h8-11,15H,2-7,12-14H2,1H3. The predicted molar refractivity (Wildman–Crippen MR) is 105 cm³/mol. The van der Waals surface area contributed by atoms with Crippen molar-refractivity contribution in [3.63, 3.8) is 0 Å². The molecular formula is C20H26N2O2S. The number of thioether (sulfide) groups is 1. The molecule has 0 unspecified atom stereocenters. The predicted octanol–water partition coefficient (Wildman–Crippen LogP) is 4.71. The van der Waals surface area contributed by atoms with Gasteiger partial charge in [0.2, 0.25) is 0 Å². The molecule has 2 aliphatic rings. The van der Waals surface area contributed by atoms with Crippen molar-refractivity contribution in [3.05, 3.63) is 34.7 Å². The molecule has 0 aliphatic carbocycles. The molecule has 0 aromatic heterocycles. The normalized spacial score (nSPS) is 19.4. The van der Waals surface area contributed by atoms with E-state index in [0.29, 0.717) is 4.91 Å². The Hall–Kier alpha value is -1.75. The molecule has 1 amide bonds. The summed E-state index contributed by atoms with van der Waals surface area (Å²) in [4.78, 5) is 19.4. The Morgan fingerprint density at radius 2 is 1.92 bits per heavy atom. The third kappa shape index (κ3) is 5.11. The molecule has 0 atom stereocenters. The number of amides is 1. The Morgan fingerprint density at radius 1 is 1.16 bits per heavy atom. The number of aliphatic imine (C=N–C) groups is 1. The molecule has 0 spiro atoms. The van der Waals surface area contributed by atoms with Crippen molar-refractivity contribution in [2.75, 3.05) is 19.7 Å². The van der Waals surface area contributed by atoms with Gasteiger partial charge in [0.05, 0.1) is 11.5 Å². The van der Waals surface area contributed by atoms with Gasteiger partial charge < -0.3 is 9.64 Å². The molecule has 0 radical (unpaired) electrons. The summed E-state index contributed by atoms with van der Waals surface area (Å²) in [6.07, 6.45) is 9.06. The van der Waals surface area contributed by atoms with E-state index in [1.165, 1.54) is 43.9 Å². The van der Waals surface area contributed by atoms with E-state index in [2.05, 4.69) is 16.8 Å². The fraction of sp³-hybridized carbons (Fsp3) is 0.500. The van der Waals surface area contributed by atoms with E-state index >= 15 is 0 Å². The van der Waals surface area contributed by atoms with Crippen LogP contribution in [0.3, 0.4) is 0 Å². The molecule has 1 aromatic carbocycles. The average molecular weight is 359 g/mol. The van der Waals surface area contributed by atoms with E-state index < -0.39 is 0 Å². The van der Waals surface area contributed by atoms with Gasteiger partial charge in [0.1, 0.15) is 5.75 Å². The fourth-order valence-electron chi connectivity index (χ4n) is 2.97. The summed E-state index contributed by atoms with van der Waals surface area (Å²) < 4.78 is 5.73. The van der Waals surface area contributed by atoms with Gasteiger partial charge in [-0.25, -0.2) is 0 Å². The molecular weight excluding hydrogens is 332 g/mol. The summed E-state index contributed by atoms with van der Waals surface area (Å²) in [7, 11) is 0. The van der Waals surface area contributed by atoms with E-state index in [9.17, 15) is 4.79 Å². The van der Waals surface area contributed by atoms with E-state index in [4.69, 9.17) is 4.74 Å². The molecule has 1 aromatic rings. The van der Waals surface area contributed by atoms with Crippen LogP contribution in [0.5, 0.6) is 5.75 Å².